The number of nitrogens with zero attached hydrogens (tertiary/aromatic N) is 2. The monoisotopic (exact) mass is 297 g/mol. The average molecular weight is 297 g/mol. The Hall–Kier alpha value is -0.950. The summed E-state index contributed by atoms with van der Waals surface area (Å²) in [6.45, 7) is 4.55. The third-order valence-electron chi connectivity index (χ3n) is 3.98. The fourth-order valence-corrected chi connectivity index (χ4v) is 4.09. The van der Waals surface area contributed by atoms with Gasteiger partial charge in [-0.15, -0.1) is 0 Å². The van der Waals surface area contributed by atoms with E-state index >= 15 is 0 Å². The van der Waals surface area contributed by atoms with E-state index in [-0.39, 0.29) is 18.0 Å². The largest absolute Gasteiger partial charge is 0.326 e. The first-order valence-electron chi connectivity index (χ1n) is 6.87. The van der Waals surface area contributed by atoms with Gasteiger partial charge < -0.3 is 5.73 Å². The van der Waals surface area contributed by atoms with Crippen LogP contribution in [-0.4, -0.2) is 49.2 Å². The van der Waals surface area contributed by atoms with Gasteiger partial charge in [-0.25, -0.2) is 0 Å². The highest BCUT2D eigenvalue weighted by atomic mass is 32.2. The number of rotatable bonds is 4. The molecule has 1 aromatic rings. The molecule has 1 aliphatic heterocycles. The molecule has 0 aliphatic carbocycles. The Morgan fingerprint density at radius 3 is 2.40 bits per heavy atom. The van der Waals surface area contributed by atoms with Gasteiger partial charge in [0.25, 0.3) is 10.2 Å². The molecule has 0 amide bonds. The van der Waals surface area contributed by atoms with Gasteiger partial charge >= 0.3 is 0 Å². The van der Waals surface area contributed by atoms with E-state index in [0.717, 1.165) is 5.56 Å². The third-order valence-corrected chi connectivity index (χ3v) is 6.08. The Morgan fingerprint density at radius 1 is 1.25 bits per heavy atom. The number of hydrogen-bond acceptors (Lipinski definition) is 3. The second-order valence-electron chi connectivity index (χ2n) is 5.62. The molecule has 0 radical (unpaired) electrons. The predicted octanol–water partition coefficient (Wildman–Crippen LogP) is 0.998. The lowest BCUT2D eigenvalue weighted by atomic mass is 9.95. The number of nitrogens with two attached hydrogens (primary N) is 1. The van der Waals surface area contributed by atoms with Crippen LogP contribution in [0.15, 0.2) is 30.3 Å². The minimum Gasteiger partial charge on any atom is -0.326 e. The molecule has 1 aliphatic rings. The van der Waals surface area contributed by atoms with Crippen molar-refractivity contribution in [2.75, 3.05) is 20.1 Å². The Bertz CT molecular complexity index is 545. The molecule has 20 heavy (non-hydrogen) atoms. The molecular weight excluding hydrogens is 274 g/mol. The first kappa shape index (κ1) is 15.4. The Labute approximate surface area is 121 Å². The van der Waals surface area contributed by atoms with Gasteiger partial charge in [0.15, 0.2) is 0 Å². The summed E-state index contributed by atoms with van der Waals surface area (Å²) < 4.78 is 27.9. The zero-order valence-corrected chi connectivity index (χ0v) is 13.0. The van der Waals surface area contributed by atoms with Gasteiger partial charge in [0, 0.05) is 38.1 Å². The maximum absolute atomic E-state index is 12.5. The van der Waals surface area contributed by atoms with Crippen molar-refractivity contribution in [2.24, 2.45) is 5.73 Å². The summed E-state index contributed by atoms with van der Waals surface area (Å²) in [4.78, 5) is 0. The van der Waals surface area contributed by atoms with E-state index in [9.17, 15) is 8.42 Å². The smallest absolute Gasteiger partial charge is 0.282 e. The summed E-state index contributed by atoms with van der Waals surface area (Å²) in [6, 6.07) is 9.66. The molecule has 2 atom stereocenters. The van der Waals surface area contributed by atoms with Crippen molar-refractivity contribution in [3.63, 3.8) is 0 Å². The molecule has 1 heterocycles. The first-order valence-corrected chi connectivity index (χ1v) is 8.27. The fourth-order valence-electron chi connectivity index (χ4n) is 2.48. The van der Waals surface area contributed by atoms with Crippen molar-refractivity contribution in [3.05, 3.63) is 35.9 Å². The van der Waals surface area contributed by atoms with Crippen LogP contribution in [0, 0.1) is 0 Å². The number of benzene rings is 1. The fraction of sp³-hybridized carbons (Fsp3) is 0.571. The molecule has 0 unspecified atom stereocenters. The summed E-state index contributed by atoms with van der Waals surface area (Å²) in [6.07, 6.45) is 0. The second-order valence-corrected chi connectivity index (χ2v) is 7.60. The summed E-state index contributed by atoms with van der Waals surface area (Å²) in [5.41, 5.74) is 7.25. The molecule has 0 aromatic heterocycles. The standard InChI is InChI=1S/C14H23N3O2S/c1-11(2)16(3)20(18,19)17-9-13(14(15)10-17)12-7-5-4-6-8-12/h4-8,11,13-14H,9-10,15H2,1-3H3/t13-,14+/m0/s1. The Balaban J connectivity index is 2.19. The van der Waals surface area contributed by atoms with E-state index in [4.69, 9.17) is 5.73 Å². The van der Waals surface area contributed by atoms with Gasteiger partial charge in [-0.3, -0.25) is 0 Å². The lowest BCUT2D eigenvalue weighted by molar-refractivity contribution is 0.357. The minimum atomic E-state index is -3.43. The topological polar surface area (TPSA) is 66.6 Å². The summed E-state index contributed by atoms with van der Waals surface area (Å²) in [5.74, 6) is 0.0616. The van der Waals surface area contributed by atoms with Gasteiger partial charge in [0.05, 0.1) is 0 Å². The summed E-state index contributed by atoms with van der Waals surface area (Å²) in [7, 11) is -1.81. The van der Waals surface area contributed by atoms with Crippen LogP contribution in [0.3, 0.4) is 0 Å². The molecule has 0 saturated carbocycles. The normalized spacial score (nSPS) is 24.7. The van der Waals surface area contributed by atoms with E-state index in [0.29, 0.717) is 13.1 Å². The lowest BCUT2D eigenvalue weighted by Crippen LogP contribution is -2.44. The van der Waals surface area contributed by atoms with Crippen LogP contribution < -0.4 is 5.73 Å². The molecule has 2 N–H and O–H groups in total. The van der Waals surface area contributed by atoms with Crippen LogP contribution in [0.4, 0.5) is 0 Å². The SMILES string of the molecule is CC(C)N(C)S(=O)(=O)N1C[C@@H](N)[C@H](c2ccccc2)C1. The van der Waals surface area contributed by atoms with Gasteiger partial charge in [0.2, 0.25) is 0 Å². The molecule has 0 bridgehead atoms. The van der Waals surface area contributed by atoms with Gasteiger partial charge in [-0.2, -0.15) is 17.0 Å². The van der Waals surface area contributed by atoms with E-state index < -0.39 is 10.2 Å². The maximum Gasteiger partial charge on any atom is 0.282 e. The molecule has 5 nitrogen and oxygen atoms in total. The van der Waals surface area contributed by atoms with Gasteiger partial charge in [0.1, 0.15) is 0 Å². The molecule has 112 valence electrons. The molecular formula is C14H23N3O2S. The van der Waals surface area contributed by atoms with Gasteiger partial charge in [-0.05, 0) is 19.4 Å². The van der Waals surface area contributed by atoms with Crippen LogP contribution in [0.1, 0.15) is 25.3 Å². The zero-order chi connectivity index (χ0) is 14.9. The number of hydrogen-bond donors (Lipinski definition) is 1. The lowest BCUT2D eigenvalue weighted by Gasteiger charge is -2.26. The zero-order valence-electron chi connectivity index (χ0n) is 12.2. The van der Waals surface area contributed by atoms with Crippen molar-refractivity contribution < 1.29 is 8.42 Å². The first-order chi connectivity index (χ1) is 9.34. The minimum absolute atomic E-state index is 0.0616. The molecule has 2 rings (SSSR count). The average Bonchev–Trinajstić information content (AvgIpc) is 2.81. The van der Waals surface area contributed by atoms with Crippen molar-refractivity contribution >= 4 is 10.2 Å². The van der Waals surface area contributed by atoms with Crippen LogP contribution in [-0.2, 0) is 10.2 Å². The second kappa shape index (κ2) is 5.81. The highest BCUT2D eigenvalue weighted by Crippen LogP contribution is 2.29. The summed E-state index contributed by atoms with van der Waals surface area (Å²) in [5, 5.41) is 0. The van der Waals surface area contributed by atoms with Crippen molar-refractivity contribution in [2.45, 2.75) is 31.8 Å². The maximum atomic E-state index is 12.5. The van der Waals surface area contributed by atoms with Crippen LogP contribution in [0.5, 0.6) is 0 Å². The van der Waals surface area contributed by atoms with Crippen molar-refractivity contribution in [1.29, 1.82) is 0 Å². The highest BCUT2D eigenvalue weighted by Gasteiger charge is 2.39. The van der Waals surface area contributed by atoms with E-state index in [1.807, 2.05) is 44.2 Å². The highest BCUT2D eigenvalue weighted by molar-refractivity contribution is 7.86. The van der Waals surface area contributed by atoms with Gasteiger partial charge in [-0.1, -0.05) is 30.3 Å². The van der Waals surface area contributed by atoms with E-state index in [1.165, 1.54) is 8.61 Å². The van der Waals surface area contributed by atoms with Crippen LogP contribution in [0.25, 0.3) is 0 Å². The van der Waals surface area contributed by atoms with E-state index in [1.54, 1.807) is 7.05 Å². The van der Waals surface area contributed by atoms with Crippen LogP contribution in [0.2, 0.25) is 0 Å². The molecule has 1 saturated heterocycles. The quantitative estimate of drug-likeness (QED) is 0.901. The summed E-state index contributed by atoms with van der Waals surface area (Å²) >= 11 is 0. The Morgan fingerprint density at radius 2 is 1.85 bits per heavy atom. The predicted molar refractivity (Wildman–Crippen MR) is 80.6 cm³/mol. The van der Waals surface area contributed by atoms with E-state index in [2.05, 4.69) is 0 Å². The molecule has 6 heteroatoms. The van der Waals surface area contributed by atoms with Crippen LogP contribution >= 0.6 is 0 Å². The van der Waals surface area contributed by atoms with Crippen molar-refractivity contribution in [3.8, 4) is 0 Å². The third kappa shape index (κ3) is 2.88. The molecule has 1 aromatic carbocycles. The molecule has 0 spiro atoms. The van der Waals surface area contributed by atoms with Crippen molar-refractivity contribution in [1.82, 2.24) is 8.61 Å². The molecule has 1 fully saturated rings. The Kier molecular flexibility index (Phi) is 4.49.